The second-order valence-corrected chi connectivity index (χ2v) is 4.81. The van der Waals surface area contributed by atoms with Crippen molar-refractivity contribution in [1.82, 2.24) is 9.97 Å². The summed E-state index contributed by atoms with van der Waals surface area (Å²) in [5, 5.41) is 3.02. The Morgan fingerprint density at radius 3 is 1.95 bits per heavy atom. The van der Waals surface area contributed by atoms with Crippen LogP contribution in [0.15, 0.2) is 60.7 Å². The summed E-state index contributed by atoms with van der Waals surface area (Å²) in [6.45, 7) is 0. The highest BCUT2D eigenvalue weighted by molar-refractivity contribution is 5.69. The highest BCUT2D eigenvalue weighted by Gasteiger charge is 2.08. The number of aromatic nitrogens is 2. The van der Waals surface area contributed by atoms with Crippen LogP contribution >= 0.6 is 0 Å². The van der Waals surface area contributed by atoms with E-state index in [-0.39, 0.29) is 0 Å². The summed E-state index contributed by atoms with van der Waals surface area (Å²) in [5.74, 6) is 1.43. The summed E-state index contributed by atoms with van der Waals surface area (Å²) in [5.41, 5.74) is 3.86. The smallest absolute Gasteiger partial charge is 0.223 e. The molecule has 0 aliphatic carbocycles. The molecule has 2 aromatic carbocycles. The highest BCUT2D eigenvalue weighted by Crippen LogP contribution is 2.26. The SMILES string of the molecule is CNc1nc(-c2ccccc2)cc(-c2ccc(OC)cc2)n1. The number of ether oxygens (including phenoxy) is 1. The van der Waals surface area contributed by atoms with Crippen LogP contribution in [0.2, 0.25) is 0 Å². The van der Waals surface area contributed by atoms with E-state index < -0.39 is 0 Å². The fourth-order valence-electron chi connectivity index (χ4n) is 2.23. The first-order chi connectivity index (χ1) is 10.8. The van der Waals surface area contributed by atoms with Gasteiger partial charge in [-0.05, 0) is 30.3 Å². The highest BCUT2D eigenvalue weighted by atomic mass is 16.5. The van der Waals surface area contributed by atoms with Gasteiger partial charge in [0.2, 0.25) is 5.95 Å². The zero-order valence-electron chi connectivity index (χ0n) is 12.6. The Labute approximate surface area is 129 Å². The number of hydrogen-bond donors (Lipinski definition) is 1. The summed E-state index contributed by atoms with van der Waals surface area (Å²) in [6.07, 6.45) is 0. The van der Waals surface area contributed by atoms with Crippen LogP contribution in [0.5, 0.6) is 5.75 Å². The number of rotatable bonds is 4. The molecule has 0 aliphatic rings. The van der Waals surface area contributed by atoms with E-state index in [2.05, 4.69) is 15.3 Å². The quantitative estimate of drug-likeness (QED) is 0.793. The lowest BCUT2D eigenvalue weighted by Gasteiger charge is -2.09. The molecule has 0 spiro atoms. The van der Waals surface area contributed by atoms with Crippen molar-refractivity contribution in [2.45, 2.75) is 0 Å². The summed E-state index contributed by atoms with van der Waals surface area (Å²) in [6, 6.07) is 19.9. The molecule has 1 aromatic heterocycles. The summed E-state index contributed by atoms with van der Waals surface area (Å²) >= 11 is 0. The molecule has 110 valence electrons. The zero-order valence-corrected chi connectivity index (χ0v) is 12.6. The van der Waals surface area contributed by atoms with Gasteiger partial charge in [-0.15, -0.1) is 0 Å². The predicted molar refractivity (Wildman–Crippen MR) is 89.0 cm³/mol. The molecule has 0 atom stereocenters. The fourth-order valence-corrected chi connectivity index (χ4v) is 2.23. The number of benzene rings is 2. The molecular formula is C18H17N3O. The van der Waals surface area contributed by atoms with Crippen molar-refractivity contribution in [2.75, 3.05) is 19.5 Å². The topological polar surface area (TPSA) is 47.0 Å². The number of hydrogen-bond acceptors (Lipinski definition) is 4. The minimum Gasteiger partial charge on any atom is -0.497 e. The first kappa shape index (κ1) is 14.1. The van der Waals surface area contributed by atoms with Crippen LogP contribution in [0, 0.1) is 0 Å². The van der Waals surface area contributed by atoms with Crippen molar-refractivity contribution in [3.63, 3.8) is 0 Å². The molecule has 3 aromatic rings. The monoisotopic (exact) mass is 291 g/mol. The summed E-state index contributed by atoms with van der Waals surface area (Å²) in [7, 11) is 3.48. The van der Waals surface area contributed by atoms with E-state index in [4.69, 9.17) is 4.74 Å². The number of nitrogens with one attached hydrogen (secondary N) is 1. The average Bonchev–Trinajstić information content (AvgIpc) is 2.62. The van der Waals surface area contributed by atoms with Crippen LogP contribution in [-0.2, 0) is 0 Å². The maximum atomic E-state index is 5.20. The third kappa shape index (κ3) is 2.91. The molecule has 0 aliphatic heterocycles. The lowest BCUT2D eigenvalue weighted by molar-refractivity contribution is 0.415. The van der Waals surface area contributed by atoms with Crippen molar-refractivity contribution >= 4 is 5.95 Å². The molecule has 0 bridgehead atoms. The van der Waals surface area contributed by atoms with E-state index in [0.717, 1.165) is 28.3 Å². The Morgan fingerprint density at radius 2 is 1.41 bits per heavy atom. The van der Waals surface area contributed by atoms with Crippen LogP contribution in [0.4, 0.5) is 5.95 Å². The van der Waals surface area contributed by atoms with Gasteiger partial charge in [-0.1, -0.05) is 30.3 Å². The van der Waals surface area contributed by atoms with Gasteiger partial charge in [-0.2, -0.15) is 0 Å². The van der Waals surface area contributed by atoms with Crippen molar-refractivity contribution in [1.29, 1.82) is 0 Å². The normalized spacial score (nSPS) is 10.3. The molecule has 3 rings (SSSR count). The Kier molecular flexibility index (Phi) is 4.01. The molecule has 0 amide bonds. The van der Waals surface area contributed by atoms with Crippen molar-refractivity contribution in [3.8, 4) is 28.3 Å². The molecule has 22 heavy (non-hydrogen) atoms. The Morgan fingerprint density at radius 1 is 0.818 bits per heavy atom. The van der Waals surface area contributed by atoms with Gasteiger partial charge in [0.1, 0.15) is 5.75 Å². The van der Waals surface area contributed by atoms with Gasteiger partial charge in [0.05, 0.1) is 18.5 Å². The second kappa shape index (κ2) is 6.26. The van der Waals surface area contributed by atoms with Crippen molar-refractivity contribution in [2.24, 2.45) is 0 Å². The standard InChI is InChI=1S/C18H17N3O/c1-19-18-20-16(13-6-4-3-5-7-13)12-17(21-18)14-8-10-15(22-2)11-9-14/h3-12H,1-2H3,(H,19,20,21). The zero-order chi connectivity index (χ0) is 15.4. The molecule has 4 nitrogen and oxygen atoms in total. The van der Waals surface area contributed by atoms with Gasteiger partial charge in [-0.25, -0.2) is 9.97 Å². The van der Waals surface area contributed by atoms with Crippen LogP contribution in [-0.4, -0.2) is 24.1 Å². The average molecular weight is 291 g/mol. The molecule has 1 N–H and O–H groups in total. The largest absolute Gasteiger partial charge is 0.497 e. The van der Waals surface area contributed by atoms with Crippen LogP contribution in [0.1, 0.15) is 0 Å². The third-order valence-corrected chi connectivity index (χ3v) is 3.41. The van der Waals surface area contributed by atoms with Gasteiger partial charge in [0.25, 0.3) is 0 Å². The number of anilines is 1. The molecule has 4 heteroatoms. The Bertz CT molecular complexity index is 755. The number of nitrogens with zero attached hydrogens (tertiary/aromatic N) is 2. The van der Waals surface area contributed by atoms with Crippen molar-refractivity contribution < 1.29 is 4.74 Å². The minimum absolute atomic E-state index is 0.604. The van der Waals surface area contributed by atoms with E-state index in [1.165, 1.54) is 0 Å². The fraction of sp³-hybridized carbons (Fsp3) is 0.111. The maximum Gasteiger partial charge on any atom is 0.223 e. The molecule has 1 heterocycles. The molecular weight excluding hydrogens is 274 g/mol. The van der Waals surface area contributed by atoms with Gasteiger partial charge in [-0.3, -0.25) is 0 Å². The second-order valence-electron chi connectivity index (χ2n) is 4.81. The molecule has 0 unspecified atom stereocenters. The maximum absolute atomic E-state index is 5.20. The summed E-state index contributed by atoms with van der Waals surface area (Å²) < 4.78 is 5.20. The lowest BCUT2D eigenvalue weighted by atomic mass is 10.1. The van der Waals surface area contributed by atoms with E-state index in [1.54, 1.807) is 7.11 Å². The molecule has 0 saturated carbocycles. The Hall–Kier alpha value is -2.88. The van der Waals surface area contributed by atoms with Gasteiger partial charge >= 0.3 is 0 Å². The first-order valence-corrected chi connectivity index (χ1v) is 7.07. The predicted octanol–water partition coefficient (Wildman–Crippen LogP) is 3.86. The Balaban J connectivity index is 2.07. The van der Waals surface area contributed by atoms with E-state index >= 15 is 0 Å². The first-order valence-electron chi connectivity index (χ1n) is 7.07. The molecule has 0 saturated heterocycles. The van der Waals surface area contributed by atoms with E-state index in [0.29, 0.717) is 5.95 Å². The number of methoxy groups -OCH3 is 1. The van der Waals surface area contributed by atoms with Gasteiger partial charge < -0.3 is 10.1 Å². The van der Waals surface area contributed by atoms with E-state index in [1.807, 2.05) is 67.7 Å². The van der Waals surface area contributed by atoms with Gasteiger partial charge in [0, 0.05) is 18.2 Å². The minimum atomic E-state index is 0.604. The summed E-state index contributed by atoms with van der Waals surface area (Å²) in [4.78, 5) is 9.07. The molecule has 0 radical (unpaired) electrons. The van der Waals surface area contributed by atoms with Crippen LogP contribution in [0.25, 0.3) is 22.5 Å². The molecule has 0 fully saturated rings. The van der Waals surface area contributed by atoms with Gasteiger partial charge in [0.15, 0.2) is 0 Å². The van der Waals surface area contributed by atoms with Crippen LogP contribution in [0.3, 0.4) is 0 Å². The third-order valence-electron chi connectivity index (χ3n) is 3.41. The van der Waals surface area contributed by atoms with Crippen molar-refractivity contribution in [3.05, 3.63) is 60.7 Å². The van der Waals surface area contributed by atoms with Crippen LogP contribution < -0.4 is 10.1 Å². The lowest BCUT2D eigenvalue weighted by Crippen LogP contribution is -1.99. The van der Waals surface area contributed by atoms with E-state index in [9.17, 15) is 0 Å².